The van der Waals surface area contributed by atoms with E-state index in [1.54, 1.807) is 0 Å². The van der Waals surface area contributed by atoms with Crippen molar-refractivity contribution in [3.8, 4) is 0 Å². The molecule has 4 heteroatoms. The summed E-state index contributed by atoms with van der Waals surface area (Å²) >= 11 is 0. The normalized spacial score (nSPS) is 13.3. The summed E-state index contributed by atoms with van der Waals surface area (Å²) in [4.78, 5) is 12.5. The van der Waals surface area contributed by atoms with Crippen molar-refractivity contribution < 1.29 is 15.0 Å². The van der Waals surface area contributed by atoms with Crippen molar-refractivity contribution in [2.45, 2.75) is 321 Å². The molecule has 4 nitrogen and oxygen atoms in total. The molecule has 0 radical (unpaired) electrons. The van der Waals surface area contributed by atoms with E-state index in [2.05, 4.69) is 92.1 Å². The average molecular weight is 949 g/mol. The van der Waals surface area contributed by atoms with Crippen LogP contribution in [0.1, 0.15) is 309 Å². The zero-order chi connectivity index (χ0) is 49.2. The number of aliphatic hydroxyl groups is 2. The van der Waals surface area contributed by atoms with Gasteiger partial charge in [-0.25, -0.2) is 0 Å². The van der Waals surface area contributed by atoms with Gasteiger partial charge in [0, 0.05) is 6.42 Å². The summed E-state index contributed by atoms with van der Waals surface area (Å²) in [6.45, 7) is 4.26. The van der Waals surface area contributed by atoms with E-state index in [9.17, 15) is 15.0 Å². The van der Waals surface area contributed by atoms with E-state index < -0.39 is 12.1 Å². The molecule has 0 bridgehead atoms. The van der Waals surface area contributed by atoms with Crippen LogP contribution in [0.4, 0.5) is 0 Å². The van der Waals surface area contributed by atoms with Gasteiger partial charge in [-0.3, -0.25) is 4.79 Å². The number of hydrogen-bond acceptors (Lipinski definition) is 3. The Bertz CT molecular complexity index is 1170. The van der Waals surface area contributed by atoms with Gasteiger partial charge in [0.25, 0.3) is 0 Å². The summed E-state index contributed by atoms with van der Waals surface area (Å²) in [5.74, 6) is -0.0275. The van der Waals surface area contributed by atoms with Crippen LogP contribution >= 0.6 is 0 Å². The zero-order valence-corrected chi connectivity index (χ0v) is 45.6. The van der Waals surface area contributed by atoms with Gasteiger partial charge < -0.3 is 15.5 Å². The van der Waals surface area contributed by atoms with Gasteiger partial charge in [-0.2, -0.15) is 0 Å². The second-order valence-corrected chi connectivity index (χ2v) is 20.4. The number of allylic oxidation sites excluding steroid dienone is 12. The molecule has 0 heterocycles. The predicted octanol–water partition coefficient (Wildman–Crippen LogP) is 20.1. The fourth-order valence-electron chi connectivity index (χ4n) is 9.19. The molecule has 0 aliphatic carbocycles. The molecule has 0 aliphatic heterocycles. The van der Waals surface area contributed by atoms with Crippen LogP contribution in [0.15, 0.2) is 72.9 Å². The molecule has 2 unspecified atom stereocenters. The molecule has 0 saturated carbocycles. The third-order valence-electron chi connectivity index (χ3n) is 13.7. The first-order valence-electron chi connectivity index (χ1n) is 30.1. The number of nitrogens with one attached hydrogen (secondary N) is 1. The van der Waals surface area contributed by atoms with Crippen molar-refractivity contribution in [3.63, 3.8) is 0 Å². The first-order chi connectivity index (χ1) is 33.7. The third-order valence-corrected chi connectivity index (χ3v) is 13.7. The highest BCUT2D eigenvalue weighted by Crippen LogP contribution is 2.18. The smallest absolute Gasteiger partial charge is 0.220 e. The van der Waals surface area contributed by atoms with Crippen molar-refractivity contribution in [2.24, 2.45) is 0 Å². The highest BCUT2D eigenvalue weighted by Gasteiger charge is 2.20. The Hall–Kier alpha value is -2.17. The van der Waals surface area contributed by atoms with Crippen LogP contribution in [-0.2, 0) is 4.79 Å². The van der Waals surface area contributed by atoms with E-state index in [4.69, 9.17) is 0 Å². The summed E-state index contributed by atoms with van der Waals surface area (Å²) in [6, 6.07) is -0.536. The molecule has 3 N–H and O–H groups in total. The second-order valence-electron chi connectivity index (χ2n) is 20.4. The van der Waals surface area contributed by atoms with Crippen LogP contribution in [0.2, 0.25) is 0 Å². The molecule has 0 aromatic rings. The minimum Gasteiger partial charge on any atom is -0.394 e. The average Bonchev–Trinajstić information content (AvgIpc) is 3.34. The van der Waals surface area contributed by atoms with Crippen LogP contribution in [0.25, 0.3) is 0 Å². The number of rotatable bonds is 55. The lowest BCUT2D eigenvalue weighted by Gasteiger charge is -2.22. The summed E-state index contributed by atoms with van der Waals surface area (Å²) in [7, 11) is 0. The topological polar surface area (TPSA) is 69.6 Å². The minimum atomic E-state index is -0.659. The Morgan fingerprint density at radius 3 is 0.971 bits per heavy atom. The summed E-state index contributed by atoms with van der Waals surface area (Å²) in [6.07, 6.45) is 84.8. The molecule has 0 fully saturated rings. The SMILES string of the molecule is CC/C=C\C/C=C\C/C=C\C/C=C\C/C=C\C/C=C\CCCCCCCCCCCCCCCCCCCCCCCCC(=O)NC(CO)C(O)CCCCCCCCCCCCCCCCC. The van der Waals surface area contributed by atoms with Gasteiger partial charge in [0.05, 0.1) is 18.8 Å². The molecule has 68 heavy (non-hydrogen) atoms. The Kier molecular flexibility index (Phi) is 57.3. The second kappa shape index (κ2) is 59.1. The van der Waals surface area contributed by atoms with Crippen molar-refractivity contribution in [3.05, 3.63) is 72.9 Å². The number of amides is 1. The van der Waals surface area contributed by atoms with Gasteiger partial charge in [-0.1, -0.05) is 311 Å². The Labute approximate surface area is 425 Å². The van der Waals surface area contributed by atoms with Crippen molar-refractivity contribution in [2.75, 3.05) is 6.61 Å². The molecule has 396 valence electrons. The molecular formula is C64H117NO3. The van der Waals surface area contributed by atoms with Gasteiger partial charge in [0.15, 0.2) is 0 Å². The summed E-state index contributed by atoms with van der Waals surface area (Å²) < 4.78 is 0. The maximum atomic E-state index is 12.5. The van der Waals surface area contributed by atoms with Crippen molar-refractivity contribution in [1.29, 1.82) is 0 Å². The van der Waals surface area contributed by atoms with Gasteiger partial charge in [-0.15, -0.1) is 0 Å². The van der Waals surface area contributed by atoms with Gasteiger partial charge in [0.1, 0.15) is 0 Å². The zero-order valence-electron chi connectivity index (χ0n) is 45.6. The number of carbonyl (C=O) groups excluding carboxylic acids is 1. The van der Waals surface area contributed by atoms with Gasteiger partial charge in [-0.05, 0) is 64.2 Å². The van der Waals surface area contributed by atoms with Gasteiger partial charge in [0.2, 0.25) is 5.91 Å². The maximum absolute atomic E-state index is 12.5. The highest BCUT2D eigenvalue weighted by atomic mass is 16.3. The largest absolute Gasteiger partial charge is 0.394 e. The fraction of sp³-hybridized carbons (Fsp3) is 0.797. The van der Waals surface area contributed by atoms with Crippen molar-refractivity contribution >= 4 is 5.91 Å². The molecule has 0 aromatic heterocycles. The van der Waals surface area contributed by atoms with Crippen LogP contribution in [0, 0.1) is 0 Å². The molecule has 2 atom stereocenters. The molecule has 0 saturated heterocycles. The van der Waals surface area contributed by atoms with Crippen molar-refractivity contribution in [1.82, 2.24) is 5.32 Å². The van der Waals surface area contributed by atoms with E-state index in [-0.39, 0.29) is 12.5 Å². The van der Waals surface area contributed by atoms with Crippen LogP contribution in [0.3, 0.4) is 0 Å². The quantitative estimate of drug-likeness (QED) is 0.0420. The molecule has 1 amide bonds. The standard InChI is InChI=1S/C64H117NO3/c1-3-5-7-9-11-13-15-17-19-20-21-22-23-24-25-26-27-28-29-30-31-32-33-34-35-36-37-38-39-40-41-42-43-44-46-48-50-52-54-56-58-60-64(68)65-62(61-66)63(67)59-57-55-53-51-49-47-45-18-16-14-12-10-8-6-4-2/h5,7,11,13,17,19,21-22,24-25,27-28,62-63,66-67H,3-4,6,8-10,12,14-16,18,20,23,26,29-61H2,1-2H3,(H,65,68)/b7-5-,13-11-,19-17-,22-21-,25-24-,28-27-. The maximum Gasteiger partial charge on any atom is 0.220 e. The molecule has 0 aliphatic rings. The lowest BCUT2D eigenvalue weighted by Crippen LogP contribution is -2.45. The Morgan fingerprint density at radius 1 is 0.368 bits per heavy atom. The summed E-state index contributed by atoms with van der Waals surface area (Å²) in [5, 5.41) is 23.3. The lowest BCUT2D eigenvalue weighted by atomic mass is 10.0. The van der Waals surface area contributed by atoms with Crippen LogP contribution < -0.4 is 5.32 Å². The van der Waals surface area contributed by atoms with E-state index in [0.29, 0.717) is 12.8 Å². The Balaban J connectivity index is 3.41. The number of unbranched alkanes of at least 4 members (excludes halogenated alkanes) is 36. The van der Waals surface area contributed by atoms with Crippen LogP contribution in [0.5, 0.6) is 0 Å². The van der Waals surface area contributed by atoms with Crippen LogP contribution in [-0.4, -0.2) is 34.9 Å². The fourth-order valence-corrected chi connectivity index (χ4v) is 9.19. The minimum absolute atomic E-state index is 0.0275. The molecule has 0 rings (SSSR count). The van der Waals surface area contributed by atoms with E-state index in [1.165, 1.54) is 218 Å². The summed E-state index contributed by atoms with van der Waals surface area (Å²) in [5.41, 5.74) is 0. The third kappa shape index (κ3) is 54.8. The molecule has 0 aromatic carbocycles. The number of carbonyl (C=O) groups is 1. The molecule has 0 spiro atoms. The van der Waals surface area contributed by atoms with Gasteiger partial charge >= 0.3 is 0 Å². The molecular weight excluding hydrogens is 831 g/mol. The predicted molar refractivity (Wildman–Crippen MR) is 304 cm³/mol. The number of hydrogen-bond donors (Lipinski definition) is 3. The lowest BCUT2D eigenvalue weighted by molar-refractivity contribution is -0.123. The van der Waals surface area contributed by atoms with E-state index in [1.807, 2.05) is 0 Å². The van der Waals surface area contributed by atoms with E-state index >= 15 is 0 Å². The first-order valence-corrected chi connectivity index (χ1v) is 30.1. The number of aliphatic hydroxyl groups excluding tert-OH is 2. The Morgan fingerprint density at radius 2 is 0.647 bits per heavy atom. The monoisotopic (exact) mass is 948 g/mol. The highest BCUT2D eigenvalue weighted by molar-refractivity contribution is 5.76. The van der Waals surface area contributed by atoms with E-state index in [0.717, 1.165) is 64.2 Å². The first kappa shape index (κ1) is 65.8.